The van der Waals surface area contributed by atoms with E-state index < -0.39 is 0 Å². The number of para-hydroxylation sites is 1. The van der Waals surface area contributed by atoms with Crippen molar-refractivity contribution in [2.45, 2.75) is 6.61 Å². The molecule has 0 aliphatic carbocycles. The Bertz CT molecular complexity index is 1150. The van der Waals surface area contributed by atoms with E-state index >= 15 is 0 Å². The number of fused-ring (bicyclic) bond motifs is 1. The second-order valence-corrected chi connectivity index (χ2v) is 7.58. The lowest BCUT2D eigenvalue weighted by Gasteiger charge is -2.23. The number of benzene rings is 2. The molecule has 2 aromatic carbocycles. The first-order valence-corrected chi connectivity index (χ1v) is 10.2. The van der Waals surface area contributed by atoms with Gasteiger partial charge in [0.15, 0.2) is 5.13 Å². The zero-order valence-electron chi connectivity index (χ0n) is 15.6. The summed E-state index contributed by atoms with van der Waals surface area (Å²) in [5.74, 6) is 0. The Morgan fingerprint density at radius 3 is 2.66 bits per heavy atom. The third kappa shape index (κ3) is 3.75. The molecule has 6 heteroatoms. The molecule has 0 fully saturated rings. The van der Waals surface area contributed by atoms with Crippen molar-refractivity contribution in [3.8, 4) is 11.3 Å². The van der Waals surface area contributed by atoms with Crippen LogP contribution >= 0.6 is 11.3 Å². The minimum Gasteiger partial charge on any atom is -0.460 e. The van der Waals surface area contributed by atoms with Crippen molar-refractivity contribution >= 4 is 32.7 Å². The van der Waals surface area contributed by atoms with Crippen LogP contribution in [0.4, 0.5) is 5.13 Å². The van der Waals surface area contributed by atoms with E-state index in [2.05, 4.69) is 40.3 Å². The van der Waals surface area contributed by atoms with Crippen LogP contribution < -0.4 is 4.90 Å². The second kappa shape index (κ2) is 7.85. The van der Waals surface area contributed by atoms with Gasteiger partial charge in [0.2, 0.25) is 0 Å². The Kier molecular flexibility index (Phi) is 4.76. The molecule has 5 rings (SSSR count). The summed E-state index contributed by atoms with van der Waals surface area (Å²) in [4.78, 5) is 15.6. The number of thiazole rings is 1. The van der Waals surface area contributed by atoms with E-state index in [4.69, 9.17) is 9.72 Å². The maximum Gasteiger partial charge on any atom is 0.299 e. The first kappa shape index (κ1) is 17.6. The second-order valence-electron chi connectivity index (χ2n) is 6.57. The van der Waals surface area contributed by atoms with Crippen molar-refractivity contribution in [2.75, 3.05) is 11.4 Å². The molecule has 4 aromatic rings. The number of amidine groups is 1. The van der Waals surface area contributed by atoms with E-state index in [0.29, 0.717) is 19.2 Å². The molecule has 0 spiro atoms. The quantitative estimate of drug-likeness (QED) is 0.470. The first-order chi connectivity index (χ1) is 14.4. The Labute approximate surface area is 172 Å². The van der Waals surface area contributed by atoms with Gasteiger partial charge in [0.1, 0.15) is 6.61 Å². The number of rotatable bonds is 4. The highest BCUT2D eigenvalue weighted by atomic mass is 32.1. The molecule has 2 aromatic heterocycles. The van der Waals surface area contributed by atoms with Crippen LogP contribution in [0.1, 0.15) is 5.56 Å². The molecular weight excluding hydrogens is 380 g/mol. The fourth-order valence-electron chi connectivity index (χ4n) is 3.12. The van der Waals surface area contributed by atoms with Gasteiger partial charge in [0.25, 0.3) is 6.02 Å². The Hall–Kier alpha value is -3.51. The summed E-state index contributed by atoms with van der Waals surface area (Å²) in [5.41, 5.74) is 4.12. The molecule has 3 heterocycles. The van der Waals surface area contributed by atoms with Gasteiger partial charge >= 0.3 is 0 Å². The predicted octanol–water partition coefficient (Wildman–Crippen LogP) is 5.26. The molecule has 0 N–H and O–H groups in total. The van der Waals surface area contributed by atoms with Crippen LogP contribution in [-0.4, -0.2) is 22.5 Å². The molecule has 0 amide bonds. The predicted molar refractivity (Wildman–Crippen MR) is 118 cm³/mol. The summed E-state index contributed by atoms with van der Waals surface area (Å²) in [6, 6.07) is 22.9. The monoisotopic (exact) mass is 398 g/mol. The minimum absolute atomic E-state index is 0.441. The van der Waals surface area contributed by atoms with Crippen molar-refractivity contribution in [2.24, 2.45) is 4.99 Å². The van der Waals surface area contributed by atoms with E-state index in [0.717, 1.165) is 32.2 Å². The normalized spacial score (nSPS) is 13.5. The molecule has 1 aliphatic heterocycles. The average Bonchev–Trinajstić information content (AvgIpc) is 3.23. The third-order valence-corrected chi connectivity index (χ3v) is 5.66. The summed E-state index contributed by atoms with van der Waals surface area (Å²) in [7, 11) is 0. The molecule has 142 valence electrons. The van der Waals surface area contributed by atoms with Crippen LogP contribution in [-0.2, 0) is 11.3 Å². The van der Waals surface area contributed by atoms with Gasteiger partial charge in [0, 0.05) is 24.5 Å². The Morgan fingerprint density at radius 2 is 1.83 bits per heavy atom. The van der Waals surface area contributed by atoms with Crippen molar-refractivity contribution in [1.29, 1.82) is 0 Å². The van der Waals surface area contributed by atoms with Gasteiger partial charge in [-0.25, -0.2) is 9.98 Å². The van der Waals surface area contributed by atoms with Gasteiger partial charge < -0.3 is 4.74 Å². The Morgan fingerprint density at radius 1 is 0.966 bits per heavy atom. The molecule has 0 saturated heterocycles. The number of hydrogen-bond donors (Lipinski definition) is 0. The summed E-state index contributed by atoms with van der Waals surface area (Å²) < 4.78 is 7.21. The fourth-order valence-corrected chi connectivity index (χ4v) is 4.09. The van der Waals surface area contributed by atoms with Crippen molar-refractivity contribution < 1.29 is 4.74 Å². The van der Waals surface area contributed by atoms with E-state index in [-0.39, 0.29) is 0 Å². The Balaban J connectivity index is 1.31. The molecule has 0 bridgehead atoms. The SMILES string of the molecule is C1=CN=C(OCc2ccc(-c3ccccn3)cc2)N(c2nc3ccccc3s2)C1. The summed E-state index contributed by atoms with van der Waals surface area (Å²) in [6.07, 6.45) is 5.58. The number of anilines is 1. The maximum atomic E-state index is 6.05. The molecule has 0 unspecified atom stereocenters. The standard InChI is InChI=1S/C23H18N4OS/c1-2-8-21-20(7-1)26-23(29-21)27-15-5-14-25-22(27)28-16-17-9-11-18(12-10-17)19-6-3-4-13-24-19/h1-14H,15-16H2. The molecule has 1 aliphatic rings. The van der Waals surface area contributed by atoms with Crippen molar-refractivity contribution in [3.63, 3.8) is 0 Å². The van der Waals surface area contributed by atoms with Crippen molar-refractivity contribution in [3.05, 3.63) is 90.8 Å². The fraction of sp³-hybridized carbons (Fsp3) is 0.0870. The van der Waals surface area contributed by atoms with Gasteiger partial charge in [0.05, 0.1) is 15.9 Å². The highest BCUT2D eigenvalue weighted by molar-refractivity contribution is 7.22. The number of aromatic nitrogens is 2. The van der Waals surface area contributed by atoms with Crippen LogP contribution in [0.3, 0.4) is 0 Å². The lowest BCUT2D eigenvalue weighted by molar-refractivity contribution is 0.284. The van der Waals surface area contributed by atoms with Crippen LogP contribution in [0.5, 0.6) is 0 Å². The van der Waals surface area contributed by atoms with E-state index in [1.165, 1.54) is 0 Å². The van der Waals surface area contributed by atoms with Gasteiger partial charge in [-0.15, -0.1) is 0 Å². The zero-order chi connectivity index (χ0) is 19.5. The summed E-state index contributed by atoms with van der Waals surface area (Å²) in [5, 5.41) is 0.889. The zero-order valence-corrected chi connectivity index (χ0v) is 16.4. The molecule has 0 saturated carbocycles. The van der Waals surface area contributed by atoms with Crippen LogP contribution in [0, 0.1) is 0 Å². The van der Waals surface area contributed by atoms with Crippen molar-refractivity contribution in [1.82, 2.24) is 9.97 Å². The third-order valence-electron chi connectivity index (χ3n) is 4.61. The smallest absolute Gasteiger partial charge is 0.299 e. The number of ether oxygens (including phenoxy) is 1. The number of pyridine rings is 1. The molecule has 0 atom stereocenters. The van der Waals surface area contributed by atoms with Gasteiger partial charge in [-0.3, -0.25) is 9.88 Å². The van der Waals surface area contributed by atoms with E-state index in [1.807, 2.05) is 47.4 Å². The molecule has 0 radical (unpaired) electrons. The topological polar surface area (TPSA) is 50.6 Å². The number of nitrogens with zero attached hydrogens (tertiary/aromatic N) is 4. The molecule has 5 nitrogen and oxygen atoms in total. The van der Waals surface area contributed by atoms with Gasteiger partial charge in [-0.2, -0.15) is 0 Å². The average molecular weight is 398 g/mol. The molecule has 29 heavy (non-hydrogen) atoms. The lowest BCUT2D eigenvalue weighted by Crippen LogP contribution is -2.34. The van der Waals surface area contributed by atoms with E-state index in [9.17, 15) is 0 Å². The van der Waals surface area contributed by atoms with Crippen LogP contribution in [0.2, 0.25) is 0 Å². The highest BCUT2D eigenvalue weighted by Gasteiger charge is 2.20. The summed E-state index contributed by atoms with van der Waals surface area (Å²) >= 11 is 1.64. The largest absolute Gasteiger partial charge is 0.460 e. The minimum atomic E-state index is 0.441. The highest BCUT2D eigenvalue weighted by Crippen LogP contribution is 2.29. The first-order valence-electron chi connectivity index (χ1n) is 9.36. The maximum absolute atomic E-state index is 6.05. The van der Waals surface area contributed by atoms with Gasteiger partial charge in [-0.05, 0) is 35.9 Å². The number of hydrogen-bond acceptors (Lipinski definition) is 6. The number of aliphatic imine (C=N–C) groups is 1. The van der Waals surface area contributed by atoms with Crippen LogP contribution in [0.15, 0.2) is 90.2 Å². The molecular formula is C23H18N4OS. The van der Waals surface area contributed by atoms with Gasteiger partial charge in [-0.1, -0.05) is 53.8 Å². The van der Waals surface area contributed by atoms with Crippen LogP contribution in [0.25, 0.3) is 21.5 Å². The van der Waals surface area contributed by atoms with E-state index in [1.54, 1.807) is 23.7 Å². The lowest BCUT2D eigenvalue weighted by atomic mass is 10.1. The summed E-state index contributed by atoms with van der Waals surface area (Å²) in [6.45, 7) is 1.13.